The van der Waals surface area contributed by atoms with Gasteiger partial charge in [-0.3, -0.25) is 19.5 Å². The van der Waals surface area contributed by atoms with Crippen molar-refractivity contribution in [1.29, 1.82) is 0 Å². The van der Waals surface area contributed by atoms with Crippen LogP contribution < -0.4 is 5.32 Å². The molecule has 2 atom stereocenters. The Morgan fingerprint density at radius 3 is 2.83 bits per heavy atom. The summed E-state index contributed by atoms with van der Waals surface area (Å²) in [6, 6.07) is 5.11. The maximum Gasteiger partial charge on any atom is 0.245 e. The van der Waals surface area contributed by atoms with Crippen molar-refractivity contribution < 1.29 is 9.59 Å². The molecule has 0 radical (unpaired) electrons. The molecule has 3 rings (SSSR count). The van der Waals surface area contributed by atoms with Crippen molar-refractivity contribution in [3.63, 3.8) is 0 Å². The van der Waals surface area contributed by atoms with Crippen molar-refractivity contribution in [3.05, 3.63) is 30.1 Å². The summed E-state index contributed by atoms with van der Waals surface area (Å²) in [6.07, 6.45) is 2.48. The third-order valence-corrected chi connectivity index (χ3v) is 4.48. The van der Waals surface area contributed by atoms with Crippen LogP contribution in [0, 0.1) is 5.92 Å². The minimum Gasteiger partial charge on any atom is -0.342 e. The lowest BCUT2D eigenvalue weighted by molar-refractivity contribution is -0.153. The van der Waals surface area contributed by atoms with E-state index in [-0.39, 0.29) is 23.9 Å². The molecule has 3 heterocycles. The van der Waals surface area contributed by atoms with Crippen molar-refractivity contribution in [3.8, 4) is 0 Å². The molecular weight excluding hydrogens is 292 g/mol. The van der Waals surface area contributed by atoms with Gasteiger partial charge in [0.25, 0.3) is 0 Å². The molecule has 2 saturated heterocycles. The van der Waals surface area contributed by atoms with Crippen molar-refractivity contribution in [2.75, 3.05) is 19.6 Å². The molecule has 0 aliphatic carbocycles. The largest absolute Gasteiger partial charge is 0.342 e. The number of fused-ring (bicyclic) bond motifs is 1. The average Bonchev–Trinajstić information content (AvgIpc) is 2.53. The second-order valence-corrected chi connectivity index (χ2v) is 6.79. The van der Waals surface area contributed by atoms with E-state index in [4.69, 9.17) is 0 Å². The SMILES string of the molecule is CC(C)C[C@@H]1NC(=O)[C@H]2CN(Cc3ccccn3)CCN2C1=O. The van der Waals surface area contributed by atoms with Gasteiger partial charge in [-0.15, -0.1) is 0 Å². The van der Waals surface area contributed by atoms with Gasteiger partial charge in [-0.05, 0) is 24.5 Å². The Morgan fingerprint density at radius 2 is 2.13 bits per heavy atom. The Labute approximate surface area is 136 Å². The molecule has 23 heavy (non-hydrogen) atoms. The minimum atomic E-state index is -0.372. The Morgan fingerprint density at radius 1 is 1.30 bits per heavy atom. The number of pyridine rings is 1. The van der Waals surface area contributed by atoms with Crippen molar-refractivity contribution in [2.24, 2.45) is 5.92 Å². The Balaban J connectivity index is 1.65. The van der Waals surface area contributed by atoms with Crippen LogP contribution >= 0.6 is 0 Å². The summed E-state index contributed by atoms with van der Waals surface area (Å²) in [6.45, 7) is 6.80. The molecule has 124 valence electrons. The van der Waals surface area contributed by atoms with Gasteiger partial charge in [-0.2, -0.15) is 0 Å². The molecule has 0 aromatic carbocycles. The van der Waals surface area contributed by atoms with E-state index in [1.54, 1.807) is 11.1 Å². The minimum absolute atomic E-state index is 0.0269. The normalized spacial score (nSPS) is 25.4. The molecule has 2 amide bonds. The molecule has 2 fully saturated rings. The first-order valence-corrected chi connectivity index (χ1v) is 8.27. The number of rotatable bonds is 4. The Bertz CT molecular complexity index is 575. The fourth-order valence-electron chi connectivity index (χ4n) is 3.35. The highest BCUT2D eigenvalue weighted by Gasteiger charge is 2.43. The zero-order valence-corrected chi connectivity index (χ0v) is 13.7. The summed E-state index contributed by atoms with van der Waals surface area (Å²) in [4.78, 5) is 33.3. The fourth-order valence-corrected chi connectivity index (χ4v) is 3.35. The Hall–Kier alpha value is -1.95. The molecular formula is C17H24N4O2. The number of carbonyl (C=O) groups is 2. The van der Waals surface area contributed by atoms with Gasteiger partial charge in [0.05, 0.1) is 5.69 Å². The first-order valence-electron chi connectivity index (χ1n) is 8.27. The van der Waals surface area contributed by atoms with Crippen molar-refractivity contribution in [2.45, 2.75) is 38.9 Å². The van der Waals surface area contributed by atoms with E-state index in [1.165, 1.54) is 0 Å². The molecule has 0 bridgehead atoms. The fraction of sp³-hybridized carbons (Fsp3) is 0.588. The lowest BCUT2D eigenvalue weighted by Gasteiger charge is -2.45. The first-order chi connectivity index (χ1) is 11.0. The van der Waals surface area contributed by atoms with E-state index in [0.29, 0.717) is 32.0 Å². The van der Waals surface area contributed by atoms with Crippen LogP contribution in [0.5, 0.6) is 0 Å². The molecule has 0 unspecified atom stereocenters. The highest BCUT2D eigenvalue weighted by atomic mass is 16.2. The van der Waals surface area contributed by atoms with Crippen LogP contribution in [0.15, 0.2) is 24.4 Å². The second kappa shape index (κ2) is 6.66. The number of aromatic nitrogens is 1. The van der Waals surface area contributed by atoms with Gasteiger partial charge in [0.2, 0.25) is 11.8 Å². The zero-order valence-electron chi connectivity index (χ0n) is 13.7. The predicted molar refractivity (Wildman–Crippen MR) is 86.4 cm³/mol. The van der Waals surface area contributed by atoms with Crippen molar-refractivity contribution in [1.82, 2.24) is 20.1 Å². The molecule has 0 spiro atoms. The number of nitrogens with zero attached hydrogens (tertiary/aromatic N) is 3. The number of nitrogens with one attached hydrogen (secondary N) is 1. The van der Waals surface area contributed by atoms with Crippen LogP contribution in [0.3, 0.4) is 0 Å². The highest BCUT2D eigenvalue weighted by Crippen LogP contribution is 2.20. The van der Waals surface area contributed by atoms with E-state index < -0.39 is 0 Å². The summed E-state index contributed by atoms with van der Waals surface area (Å²) < 4.78 is 0. The number of hydrogen-bond donors (Lipinski definition) is 1. The molecule has 1 aromatic heterocycles. The maximum atomic E-state index is 12.6. The summed E-state index contributed by atoms with van der Waals surface area (Å²) in [5.41, 5.74) is 0.987. The Kier molecular flexibility index (Phi) is 4.61. The van der Waals surface area contributed by atoms with Gasteiger partial charge in [-0.25, -0.2) is 0 Å². The highest BCUT2D eigenvalue weighted by molar-refractivity contribution is 5.97. The first kappa shape index (κ1) is 15.9. The molecule has 0 saturated carbocycles. The van der Waals surface area contributed by atoms with Gasteiger partial charge in [0.15, 0.2) is 0 Å². The van der Waals surface area contributed by atoms with Crippen LogP contribution in [0.2, 0.25) is 0 Å². The van der Waals surface area contributed by atoms with E-state index in [2.05, 4.69) is 29.0 Å². The van der Waals surface area contributed by atoms with E-state index in [0.717, 1.165) is 12.2 Å². The van der Waals surface area contributed by atoms with Crippen LogP contribution in [-0.2, 0) is 16.1 Å². The van der Waals surface area contributed by atoms with Crippen LogP contribution in [0.25, 0.3) is 0 Å². The molecule has 1 N–H and O–H groups in total. The molecule has 1 aromatic rings. The van der Waals surface area contributed by atoms with Crippen molar-refractivity contribution >= 4 is 11.8 Å². The lowest BCUT2D eigenvalue weighted by Crippen LogP contribution is -2.69. The quantitative estimate of drug-likeness (QED) is 0.885. The summed E-state index contributed by atoms with van der Waals surface area (Å²) in [7, 11) is 0. The smallest absolute Gasteiger partial charge is 0.245 e. The van der Waals surface area contributed by atoms with E-state index in [1.807, 2.05) is 18.2 Å². The molecule has 6 heteroatoms. The third-order valence-electron chi connectivity index (χ3n) is 4.48. The third kappa shape index (κ3) is 3.52. The molecule has 6 nitrogen and oxygen atoms in total. The summed E-state index contributed by atoms with van der Waals surface area (Å²) >= 11 is 0. The second-order valence-electron chi connectivity index (χ2n) is 6.79. The molecule has 2 aliphatic rings. The summed E-state index contributed by atoms with van der Waals surface area (Å²) in [5, 5.41) is 2.91. The average molecular weight is 316 g/mol. The van der Waals surface area contributed by atoms with Gasteiger partial charge in [-0.1, -0.05) is 19.9 Å². The standard InChI is InChI=1S/C17H24N4O2/c1-12(2)9-14-17(23)21-8-7-20(11-15(21)16(22)19-14)10-13-5-3-4-6-18-13/h3-6,12,14-15H,7-11H2,1-2H3,(H,19,22)/t14-,15+/m0/s1. The molecule has 2 aliphatic heterocycles. The van der Waals surface area contributed by atoms with Gasteiger partial charge in [0.1, 0.15) is 12.1 Å². The van der Waals surface area contributed by atoms with Crippen LogP contribution in [0.1, 0.15) is 26.0 Å². The monoisotopic (exact) mass is 316 g/mol. The van der Waals surface area contributed by atoms with Gasteiger partial charge < -0.3 is 10.2 Å². The lowest BCUT2D eigenvalue weighted by atomic mass is 9.97. The number of carbonyl (C=O) groups excluding carboxylic acids is 2. The van der Waals surface area contributed by atoms with E-state index in [9.17, 15) is 9.59 Å². The van der Waals surface area contributed by atoms with Gasteiger partial charge in [0, 0.05) is 32.4 Å². The summed E-state index contributed by atoms with van der Waals surface area (Å²) in [5.74, 6) is 0.424. The predicted octanol–water partition coefficient (Wildman–Crippen LogP) is 0.639. The van der Waals surface area contributed by atoms with E-state index >= 15 is 0 Å². The van der Waals surface area contributed by atoms with Crippen LogP contribution in [0.4, 0.5) is 0 Å². The maximum absolute atomic E-state index is 12.6. The van der Waals surface area contributed by atoms with Gasteiger partial charge >= 0.3 is 0 Å². The zero-order chi connectivity index (χ0) is 16.4. The number of hydrogen-bond acceptors (Lipinski definition) is 4. The van der Waals surface area contributed by atoms with Crippen LogP contribution in [-0.4, -0.2) is 58.3 Å². The topological polar surface area (TPSA) is 65.5 Å². The number of amides is 2. The number of piperazine rings is 2.